The van der Waals surface area contributed by atoms with Crippen molar-refractivity contribution in [1.29, 1.82) is 0 Å². The SMILES string of the molecule is CC(C)(C)C1C=CC=C(C2=c3ccccc3=C(C3=Cc4cc(C5=CCCC(c6cccnc6)=C5)ccc4CC3)C3C=CC=CC23)C1. The lowest BCUT2D eigenvalue weighted by Gasteiger charge is -2.38. The van der Waals surface area contributed by atoms with Crippen LogP contribution in [0.15, 0.2) is 133 Å². The van der Waals surface area contributed by atoms with Gasteiger partial charge in [0.1, 0.15) is 0 Å². The Bertz CT molecular complexity index is 2050. The zero-order valence-corrected chi connectivity index (χ0v) is 27.3. The molecule has 5 aliphatic rings. The summed E-state index contributed by atoms with van der Waals surface area (Å²) >= 11 is 0. The standard InChI is InChI=1S/C45H43N/c1-45(2,3)38-15-9-13-34(28-38)43-39-16-4-6-18-41(39)44(42-19-7-5-17-40(42)43)35-23-21-30-20-22-33(26-37(30)27-35)31-11-8-12-32(25-31)36-14-10-24-46-29-36/h4-7,9-11,13-20,22,24-27,29,38-39,41H,8,12,21,23,28H2,1-3H3. The molecule has 0 saturated heterocycles. The molecule has 0 aliphatic heterocycles. The Balaban J connectivity index is 1.24. The molecule has 3 unspecified atom stereocenters. The van der Waals surface area contributed by atoms with Crippen LogP contribution in [0.25, 0.3) is 28.4 Å². The highest BCUT2D eigenvalue weighted by Crippen LogP contribution is 2.46. The smallest absolute Gasteiger partial charge is 0.0343 e. The minimum absolute atomic E-state index is 0.243. The van der Waals surface area contributed by atoms with Crippen LogP contribution >= 0.6 is 0 Å². The van der Waals surface area contributed by atoms with E-state index in [1.54, 1.807) is 0 Å². The Labute approximate surface area is 274 Å². The molecule has 0 saturated carbocycles. The summed E-state index contributed by atoms with van der Waals surface area (Å²) in [6, 6.07) is 20.6. The van der Waals surface area contributed by atoms with E-state index in [0.29, 0.717) is 17.8 Å². The van der Waals surface area contributed by atoms with Crippen molar-refractivity contribution in [2.24, 2.45) is 23.2 Å². The summed E-state index contributed by atoms with van der Waals surface area (Å²) in [5, 5.41) is 2.85. The molecule has 0 amide bonds. The first kappa shape index (κ1) is 28.9. The lowest BCUT2D eigenvalue weighted by Crippen LogP contribution is -2.41. The molecule has 0 spiro atoms. The van der Waals surface area contributed by atoms with Crippen LogP contribution in [-0.2, 0) is 6.42 Å². The summed E-state index contributed by atoms with van der Waals surface area (Å²) in [7, 11) is 0. The van der Waals surface area contributed by atoms with Crippen LogP contribution < -0.4 is 10.4 Å². The van der Waals surface area contributed by atoms with Gasteiger partial charge >= 0.3 is 0 Å². The van der Waals surface area contributed by atoms with E-state index < -0.39 is 0 Å². The van der Waals surface area contributed by atoms with Gasteiger partial charge in [-0.15, -0.1) is 0 Å². The molecular weight excluding hydrogens is 555 g/mol. The zero-order valence-electron chi connectivity index (χ0n) is 27.3. The van der Waals surface area contributed by atoms with Gasteiger partial charge < -0.3 is 0 Å². The van der Waals surface area contributed by atoms with E-state index in [9.17, 15) is 0 Å². The number of nitrogens with zero attached hydrogens (tertiary/aromatic N) is 1. The molecule has 0 radical (unpaired) electrons. The van der Waals surface area contributed by atoms with E-state index in [1.165, 1.54) is 66.1 Å². The minimum Gasteiger partial charge on any atom is -0.264 e. The number of aromatic nitrogens is 1. The van der Waals surface area contributed by atoms with Crippen molar-refractivity contribution < 1.29 is 0 Å². The zero-order chi connectivity index (χ0) is 31.3. The number of fused-ring (bicyclic) bond motifs is 3. The van der Waals surface area contributed by atoms with E-state index in [2.05, 4.69) is 135 Å². The van der Waals surface area contributed by atoms with Gasteiger partial charge in [-0.25, -0.2) is 0 Å². The third-order valence-corrected chi connectivity index (χ3v) is 10.8. The predicted molar refractivity (Wildman–Crippen MR) is 195 cm³/mol. The number of rotatable bonds is 4. The Morgan fingerprint density at radius 3 is 2.22 bits per heavy atom. The first-order valence-corrected chi connectivity index (χ1v) is 17.2. The Hall–Kier alpha value is -4.49. The number of allylic oxidation sites excluding steroid dienone is 13. The first-order valence-electron chi connectivity index (χ1n) is 17.2. The maximum absolute atomic E-state index is 4.37. The van der Waals surface area contributed by atoms with Crippen LogP contribution in [0.5, 0.6) is 0 Å². The molecule has 1 heterocycles. The van der Waals surface area contributed by atoms with E-state index in [1.807, 2.05) is 18.5 Å². The number of hydrogen-bond acceptors (Lipinski definition) is 1. The van der Waals surface area contributed by atoms with Gasteiger partial charge in [0.25, 0.3) is 0 Å². The fourth-order valence-corrected chi connectivity index (χ4v) is 8.28. The largest absolute Gasteiger partial charge is 0.264 e. The fraction of sp³-hybridized carbons (Fsp3) is 0.267. The van der Waals surface area contributed by atoms with Gasteiger partial charge in [-0.2, -0.15) is 0 Å². The molecular formula is C45H43N. The molecule has 0 bridgehead atoms. The molecule has 0 N–H and O–H groups in total. The quantitative estimate of drug-likeness (QED) is 0.292. The second-order valence-corrected chi connectivity index (χ2v) is 14.6. The second-order valence-electron chi connectivity index (χ2n) is 14.6. The second kappa shape index (κ2) is 11.7. The van der Waals surface area contributed by atoms with Crippen molar-refractivity contribution >= 4 is 28.4 Å². The van der Waals surface area contributed by atoms with Gasteiger partial charge in [-0.05, 0) is 122 Å². The van der Waals surface area contributed by atoms with Gasteiger partial charge in [-0.3, -0.25) is 4.98 Å². The molecule has 46 heavy (non-hydrogen) atoms. The fourth-order valence-electron chi connectivity index (χ4n) is 8.28. The molecule has 1 heteroatoms. The maximum Gasteiger partial charge on any atom is 0.0343 e. The summed E-state index contributed by atoms with van der Waals surface area (Å²) < 4.78 is 0. The Morgan fingerprint density at radius 1 is 0.696 bits per heavy atom. The van der Waals surface area contributed by atoms with Gasteiger partial charge in [-0.1, -0.05) is 124 Å². The molecule has 1 aromatic heterocycles. The lowest BCUT2D eigenvalue weighted by atomic mass is 9.66. The Kier molecular flexibility index (Phi) is 7.36. The Morgan fingerprint density at radius 2 is 1.48 bits per heavy atom. The number of hydrogen-bond donors (Lipinski definition) is 0. The normalized spacial score (nSPS) is 23.5. The van der Waals surface area contributed by atoms with E-state index >= 15 is 0 Å². The van der Waals surface area contributed by atoms with Crippen LogP contribution in [0.1, 0.15) is 68.7 Å². The predicted octanol–water partition coefficient (Wildman–Crippen LogP) is 9.59. The van der Waals surface area contributed by atoms with Crippen molar-refractivity contribution in [1.82, 2.24) is 4.98 Å². The number of pyridine rings is 1. The number of aryl methyl sites for hydroxylation is 1. The summed E-state index contributed by atoms with van der Waals surface area (Å²) in [4.78, 5) is 4.37. The summed E-state index contributed by atoms with van der Waals surface area (Å²) in [6.07, 6.45) is 33.2. The molecule has 2 aromatic carbocycles. The summed E-state index contributed by atoms with van der Waals surface area (Å²) in [5.41, 5.74) is 14.4. The van der Waals surface area contributed by atoms with Crippen LogP contribution in [0.4, 0.5) is 0 Å². The van der Waals surface area contributed by atoms with Crippen LogP contribution in [0, 0.1) is 23.2 Å². The van der Waals surface area contributed by atoms with Crippen LogP contribution in [0.3, 0.4) is 0 Å². The lowest BCUT2D eigenvalue weighted by molar-refractivity contribution is 0.290. The third-order valence-electron chi connectivity index (χ3n) is 10.8. The van der Waals surface area contributed by atoms with E-state index in [4.69, 9.17) is 0 Å². The van der Waals surface area contributed by atoms with Crippen LogP contribution in [0.2, 0.25) is 0 Å². The summed E-state index contributed by atoms with van der Waals surface area (Å²) in [6.45, 7) is 7.13. The van der Waals surface area contributed by atoms with E-state index in [-0.39, 0.29) is 5.41 Å². The highest BCUT2D eigenvalue weighted by Gasteiger charge is 2.35. The van der Waals surface area contributed by atoms with Crippen LogP contribution in [-0.4, -0.2) is 4.98 Å². The van der Waals surface area contributed by atoms with E-state index in [0.717, 1.165) is 32.1 Å². The van der Waals surface area contributed by atoms with Crippen molar-refractivity contribution in [2.45, 2.75) is 52.9 Å². The van der Waals surface area contributed by atoms with Crippen molar-refractivity contribution in [3.05, 3.63) is 166 Å². The highest BCUT2D eigenvalue weighted by atomic mass is 14.6. The van der Waals surface area contributed by atoms with Gasteiger partial charge in [0.05, 0.1) is 0 Å². The van der Waals surface area contributed by atoms with Crippen molar-refractivity contribution in [3.63, 3.8) is 0 Å². The highest BCUT2D eigenvalue weighted by molar-refractivity contribution is 5.88. The molecule has 5 aliphatic carbocycles. The molecule has 8 rings (SSSR count). The van der Waals surface area contributed by atoms with Crippen molar-refractivity contribution in [3.8, 4) is 0 Å². The average Bonchev–Trinajstić information content (AvgIpc) is 3.10. The third kappa shape index (κ3) is 5.26. The molecule has 3 atom stereocenters. The molecule has 0 fully saturated rings. The summed E-state index contributed by atoms with van der Waals surface area (Å²) in [5.74, 6) is 1.24. The minimum atomic E-state index is 0.243. The monoisotopic (exact) mass is 597 g/mol. The average molecular weight is 598 g/mol. The van der Waals surface area contributed by atoms with Gasteiger partial charge in [0, 0.05) is 24.2 Å². The van der Waals surface area contributed by atoms with Crippen molar-refractivity contribution in [2.75, 3.05) is 0 Å². The first-order chi connectivity index (χ1) is 22.4. The number of benzene rings is 2. The molecule has 228 valence electrons. The maximum atomic E-state index is 4.37. The van der Waals surface area contributed by atoms with Gasteiger partial charge in [0.2, 0.25) is 0 Å². The molecule has 3 aromatic rings. The topological polar surface area (TPSA) is 12.9 Å². The van der Waals surface area contributed by atoms with Gasteiger partial charge in [0.15, 0.2) is 0 Å². The molecule has 1 nitrogen and oxygen atoms in total.